The molecule has 28 heavy (non-hydrogen) atoms. The van der Waals surface area contributed by atoms with Crippen LogP contribution in [0.1, 0.15) is 16.1 Å². The number of carbonyl (C=O) groups excluding carboxylic acids is 1. The second kappa shape index (κ2) is 8.19. The molecule has 4 aromatic rings. The zero-order valence-corrected chi connectivity index (χ0v) is 15.8. The van der Waals surface area contributed by atoms with Crippen LogP contribution in [0.5, 0.6) is 0 Å². The standard InChI is InChI=1S/C22H18FN3OS/c23-17-8-10-18(11-9-17)26-20(15-19(25-26)21-7-4-14-28-21)22(27)24-13-12-16-5-2-1-3-6-16/h1-11,14-15H,12-13H2,(H,24,27). The fourth-order valence-electron chi connectivity index (χ4n) is 2.92. The Balaban J connectivity index is 1.58. The van der Waals surface area contributed by atoms with Crippen molar-refractivity contribution in [3.63, 3.8) is 0 Å². The molecule has 4 rings (SSSR count). The smallest absolute Gasteiger partial charge is 0.270 e. The van der Waals surface area contributed by atoms with Crippen LogP contribution >= 0.6 is 11.3 Å². The number of benzene rings is 2. The highest BCUT2D eigenvalue weighted by Gasteiger charge is 2.18. The van der Waals surface area contributed by atoms with E-state index in [4.69, 9.17) is 0 Å². The number of amides is 1. The minimum atomic E-state index is -0.330. The van der Waals surface area contributed by atoms with Crippen molar-refractivity contribution in [3.05, 3.63) is 95.3 Å². The van der Waals surface area contributed by atoms with E-state index in [0.29, 0.717) is 23.6 Å². The lowest BCUT2D eigenvalue weighted by atomic mass is 10.1. The Hall–Kier alpha value is -3.25. The van der Waals surface area contributed by atoms with Gasteiger partial charge in [-0.05, 0) is 53.8 Å². The minimum absolute atomic E-state index is 0.212. The van der Waals surface area contributed by atoms with Gasteiger partial charge in [0.25, 0.3) is 5.91 Å². The van der Waals surface area contributed by atoms with Crippen LogP contribution in [0.15, 0.2) is 78.2 Å². The molecule has 140 valence electrons. The van der Waals surface area contributed by atoms with E-state index in [0.717, 1.165) is 16.9 Å². The predicted octanol–water partition coefficient (Wildman–Crippen LogP) is 4.71. The van der Waals surface area contributed by atoms with Crippen molar-refractivity contribution in [2.75, 3.05) is 6.54 Å². The molecule has 0 saturated heterocycles. The van der Waals surface area contributed by atoms with Crippen LogP contribution < -0.4 is 5.32 Å². The van der Waals surface area contributed by atoms with Gasteiger partial charge < -0.3 is 5.32 Å². The zero-order chi connectivity index (χ0) is 19.3. The first-order valence-corrected chi connectivity index (χ1v) is 9.81. The van der Waals surface area contributed by atoms with E-state index in [1.807, 2.05) is 47.8 Å². The summed E-state index contributed by atoms with van der Waals surface area (Å²) in [6.45, 7) is 0.520. The number of carbonyl (C=O) groups is 1. The number of nitrogens with zero attached hydrogens (tertiary/aromatic N) is 2. The molecule has 0 atom stereocenters. The summed E-state index contributed by atoms with van der Waals surface area (Å²) in [6, 6.07) is 21.6. The van der Waals surface area contributed by atoms with Gasteiger partial charge in [-0.2, -0.15) is 5.10 Å². The SMILES string of the molecule is O=C(NCCc1ccccc1)c1cc(-c2cccs2)nn1-c1ccc(F)cc1. The molecule has 2 aromatic heterocycles. The lowest BCUT2D eigenvalue weighted by molar-refractivity contribution is 0.0946. The molecular formula is C22H18FN3OS. The minimum Gasteiger partial charge on any atom is -0.350 e. The Morgan fingerprint density at radius 2 is 1.82 bits per heavy atom. The molecule has 0 radical (unpaired) electrons. The van der Waals surface area contributed by atoms with Gasteiger partial charge >= 0.3 is 0 Å². The van der Waals surface area contributed by atoms with Crippen LogP contribution in [0.25, 0.3) is 16.3 Å². The fourth-order valence-corrected chi connectivity index (χ4v) is 3.60. The van der Waals surface area contributed by atoms with Crippen molar-refractivity contribution in [1.82, 2.24) is 15.1 Å². The van der Waals surface area contributed by atoms with Crippen LogP contribution in [0.4, 0.5) is 4.39 Å². The van der Waals surface area contributed by atoms with Gasteiger partial charge in [-0.15, -0.1) is 11.3 Å². The average Bonchev–Trinajstić information content (AvgIpc) is 3.39. The maximum absolute atomic E-state index is 13.3. The average molecular weight is 391 g/mol. The molecule has 4 nitrogen and oxygen atoms in total. The summed E-state index contributed by atoms with van der Waals surface area (Å²) in [5.74, 6) is -0.543. The predicted molar refractivity (Wildman–Crippen MR) is 109 cm³/mol. The fraction of sp³-hybridized carbons (Fsp3) is 0.0909. The molecule has 0 aliphatic carbocycles. The van der Waals surface area contributed by atoms with Crippen LogP contribution in [0.2, 0.25) is 0 Å². The lowest BCUT2D eigenvalue weighted by Gasteiger charge is -2.08. The second-order valence-electron chi connectivity index (χ2n) is 6.27. The van der Waals surface area contributed by atoms with Crippen molar-refractivity contribution in [2.45, 2.75) is 6.42 Å². The van der Waals surface area contributed by atoms with E-state index < -0.39 is 0 Å². The highest BCUT2D eigenvalue weighted by atomic mass is 32.1. The van der Waals surface area contributed by atoms with Gasteiger partial charge in [0.1, 0.15) is 17.2 Å². The number of thiophene rings is 1. The Morgan fingerprint density at radius 3 is 2.54 bits per heavy atom. The third-order valence-corrected chi connectivity index (χ3v) is 5.22. The summed E-state index contributed by atoms with van der Waals surface area (Å²) in [5.41, 5.74) is 2.93. The van der Waals surface area contributed by atoms with Gasteiger partial charge in [-0.1, -0.05) is 36.4 Å². The number of hydrogen-bond donors (Lipinski definition) is 1. The monoisotopic (exact) mass is 391 g/mol. The molecular weight excluding hydrogens is 373 g/mol. The highest BCUT2D eigenvalue weighted by molar-refractivity contribution is 7.13. The van der Waals surface area contributed by atoms with Gasteiger partial charge in [-0.3, -0.25) is 4.79 Å². The molecule has 6 heteroatoms. The first kappa shape index (κ1) is 18.1. The van der Waals surface area contributed by atoms with E-state index in [1.165, 1.54) is 12.1 Å². The highest BCUT2D eigenvalue weighted by Crippen LogP contribution is 2.26. The van der Waals surface area contributed by atoms with Gasteiger partial charge in [-0.25, -0.2) is 9.07 Å². The molecule has 1 amide bonds. The molecule has 2 heterocycles. The summed E-state index contributed by atoms with van der Waals surface area (Å²) >= 11 is 1.56. The lowest BCUT2D eigenvalue weighted by Crippen LogP contribution is -2.27. The molecule has 0 spiro atoms. The summed E-state index contributed by atoms with van der Waals surface area (Å²) in [4.78, 5) is 13.8. The summed E-state index contributed by atoms with van der Waals surface area (Å²) in [7, 11) is 0. The van der Waals surface area contributed by atoms with Crippen molar-refractivity contribution in [3.8, 4) is 16.3 Å². The quantitative estimate of drug-likeness (QED) is 0.517. The molecule has 1 N–H and O–H groups in total. The zero-order valence-electron chi connectivity index (χ0n) is 15.0. The van der Waals surface area contributed by atoms with Crippen LogP contribution in [-0.2, 0) is 6.42 Å². The molecule has 0 fully saturated rings. The van der Waals surface area contributed by atoms with Gasteiger partial charge in [0, 0.05) is 6.54 Å². The topological polar surface area (TPSA) is 46.9 Å². The van der Waals surface area contributed by atoms with E-state index in [9.17, 15) is 9.18 Å². The molecule has 0 saturated carbocycles. The van der Waals surface area contributed by atoms with Crippen LogP contribution in [0.3, 0.4) is 0 Å². The molecule has 0 aliphatic rings. The van der Waals surface area contributed by atoms with Crippen molar-refractivity contribution in [2.24, 2.45) is 0 Å². The molecule has 0 unspecified atom stereocenters. The van der Waals surface area contributed by atoms with E-state index in [1.54, 1.807) is 34.2 Å². The van der Waals surface area contributed by atoms with Crippen molar-refractivity contribution < 1.29 is 9.18 Å². The van der Waals surface area contributed by atoms with E-state index in [-0.39, 0.29) is 11.7 Å². The molecule has 0 bridgehead atoms. The van der Waals surface area contributed by atoms with Gasteiger partial charge in [0.15, 0.2) is 0 Å². The Labute approximate surface area is 166 Å². The van der Waals surface area contributed by atoms with E-state index >= 15 is 0 Å². The Kier molecular flexibility index (Phi) is 5.30. The Morgan fingerprint density at radius 1 is 1.04 bits per heavy atom. The summed E-state index contributed by atoms with van der Waals surface area (Å²) in [5, 5.41) is 9.50. The Bertz CT molecular complexity index is 1060. The van der Waals surface area contributed by atoms with Crippen LogP contribution in [-0.4, -0.2) is 22.2 Å². The van der Waals surface area contributed by atoms with Crippen molar-refractivity contribution >= 4 is 17.2 Å². The number of halogens is 1. The summed E-state index contributed by atoms with van der Waals surface area (Å²) in [6.07, 6.45) is 0.745. The second-order valence-corrected chi connectivity index (χ2v) is 7.22. The van der Waals surface area contributed by atoms with Gasteiger partial charge in [0.05, 0.1) is 10.6 Å². The normalized spacial score (nSPS) is 10.8. The maximum Gasteiger partial charge on any atom is 0.270 e. The summed E-state index contributed by atoms with van der Waals surface area (Å²) < 4.78 is 14.9. The number of aromatic nitrogens is 2. The van der Waals surface area contributed by atoms with Gasteiger partial charge in [0.2, 0.25) is 0 Å². The number of rotatable bonds is 6. The molecule has 2 aromatic carbocycles. The third kappa shape index (κ3) is 4.02. The first-order valence-electron chi connectivity index (χ1n) is 8.93. The first-order chi connectivity index (χ1) is 13.7. The largest absolute Gasteiger partial charge is 0.350 e. The van der Waals surface area contributed by atoms with E-state index in [2.05, 4.69) is 10.4 Å². The van der Waals surface area contributed by atoms with Crippen LogP contribution in [0, 0.1) is 5.82 Å². The third-order valence-electron chi connectivity index (χ3n) is 4.33. The number of hydrogen-bond acceptors (Lipinski definition) is 3. The number of nitrogens with one attached hydrogen (secondary N) is 1. The molecule has 0 aliphatic heterocycles. The maximum atomic E-state index is 13.3. The van der Waals surface area contributed by atoms with Crippen molar-refractivity contribution in [1.29, 1.82) is 0 Å².